The number of carbonyl (C=O) groups is 1. The quantitative estimate of drug-likeness (QED) is 0.352. The molecule has 37 heavy (non-hydrogen) atoms. The molecule has 12 nitrogen and oxygen atoms in total. The van der Waals surface area contributed by atoms with E-state index in [-0.39, 0.29) is 12.0 Å². The molecule has 1 aromatic carbocycles. The first kappa shape index (κ1) is 24.6. The van der Waals surface area contributed by atoms with Crippen LogP contribution in [-0.4, -0.2) is 57.4 Å². The summed E-state index contributed by atoms with van der Waals surface area (Å²) in [6.07, 6.45) is 2.74. The van der Waals surface area contributed by atoms with Crippen LogP contribution in [0.1, 0.15) is 37.1 Å². The lowest BCUT2D eigenvalue weighted by Crippen LogP contribution is -2.29. The Hall–Kier alpha value is -4.06. The number of hydrogen-bond donors (Lipinski definition) is 2. The molecule has 1 fully saturated rings. The number of pyridine rings is 1. The van der Waals surface area contributed by atoms with Crippen LogP contribution in [0.3, 0.4) is 0 Å². The number of aromatic nitrogens is 8. The highest BCUT2D eigenvalue weighted by Crippen LogP contribution is 2.30. The van der Waals surface area contributed by atoms with Crippen molar-refractivity contribution in [1.82, 2.24) is 40.2 Å². The number of aryl methyl sites for hydroxylation is 2. The van der Waals surface area contributed by atoms with Crippen molar-refractivity contribution in [3.63, 3.8) is 0 Å². The summed E-state index contributed by atoms with van der Waals surface area (Å²) in [4.78, 5) is 17.5. The van der Waals surface area contributed by atoms with Crippen LogP contribution in [0.15, 0.2) is 36.4 Å². The van der Waals surface area contributed by atoms with Crippen molar-refractivity contribution in [2.75, 3.05) is 5.32 Å². The fourth-order valence-corrected chi connectivity index (χ4v) is 4.49. The highest BCUT2D eigenvalue weighted by molar-refractivity contribution is 6.30. The minimum atomic E-state index is -0.759. The Morgan fingerprint density at radius 3 is 2.73 bits per heavy atom. The van der Waals surface area contributed by atoms with Gasteiger partial charge >= 0.3 is 5.97 Å². The Morgan fingerprint density at radius 2 is 1.97 bits per heavy atom. The van der Waals surface area contributed by atoms with Crippen molar-refractivity contribution >= 4 is 23.5 Å². The zero-order chi connectivity index (χ0) is 25.9. The molecule has 192 valence electrons. The summed E-state index contributed by atoms with van der Waals surface area (Å²) in [6.45, 7) is 2.21. The molecule has 0 amide bonds. The summed E-state index contributed by atoms with van der Waals surface area (Å²) in [6, 6.07) is 10.8. The average Bonchev–Trinajstić information content (AvgIpc) is 3.51. The molecule has 5 rings (SSSR count). The summed E-state index contributed by atoms with van der Waals surface area (Å²) in [5.41, 5.74) is 3.51. The van der Waals surface area contributed by atoms with Crippen LogP contribution in [0, 0.1) is 12.8 Å². The van der Waals surface area contributed by atoms with Crippen LogP contribution in [-0.2, 0) is 18.4 Å². The summed E-state index contributed by atoms with van der Waals surface area (Å²) < 4.78 is 7.80. The van der Waals surface area contributed by atoms with E-state index >= 15 is 0 Å². The number of nitrogens with one attached hydrogen (secondary N) is 1. The molecule has 1 saturated carbocycles. The number of hydrogen-bond acceptors (Lipinski definition) is 9. The van der Waals surface area contributed by atoms with Gasteiger partial charge in [-0.05, 0) is 74.2 Å². The highest BCUT2D eigenvalue weighted by atomic mass is 35.5. The lowest BCUT2D eigenvalue weighted by molar-refractivity contribution is -0.143. The lowest BCUT2D eigenvalue weighted by atomic mass is 9.87. The summed E-state index contributed by atoms with van der Waals surface area (Å²) in [7, 11) is 1.80. The van der Waals surface area contributed by atoms with Gasteiger partial charge in [-0.1, -0.05) is 21.9 Å². The molecule has 1 aliphatic carbocycles. The standard InChI is InChI=1S/C24H26ClN9O3/c1-14-21(37-18-5-3-4-15(12-18)23(35)36)11-10-19(27-14)22-20(33(2)31-28-22)13-26-24-29-32-34(30-24)17-8-6-16(25)7-9-17/h6-11,15,18H,3-5,12-13H2,1-2H3,(H,26,30)(H,35,36). The molecule has 1 aliphatic rings. The molecular weight excluding hydrogens is 498 g/mol. The van der Waals surface area contributed by atoms with Gasteiger partial charge in [0, 0.05) is 12.1 Å². The second-order valence-corrected chi connectivity index (χ2v) is 9.40. The first-order valence-corrected chi connectivity index (χ1v) is 12.3. The van der Waals surface area contributed by atoms with Gasteiger partial charge in [0.05, 0.1) is 41.3 Å². The Balaban J connectivity index is 1.28. The van der Waals surface area contributed by atoms with Crippen molar-refractivity contribution in [1.29, 1.82) is 0 Å². The number of rotatable bonds is 8. The molecule has 3 aromatic heterocycles. The topological polar surface area (TPSA) is 146 Å². The van der Waals surface area contributed by atoms with Gasteiger partial charge in [0.25, 0.3) is 5.95 Å². The van der Waals surface area contributed by atoms with Gasteiger partial charge in [-0.15, -0.1) is 15.0 Å². The summed E-state index contributed by atoms with van der Waals surface area (Å²) in [5.74, 6) is -0.123. The molecular formula is C24H26ClN9O3. The van der Waals surface area contributed by atoms with E-state index in [1.807, 2.05) is 19.1 Å². The van der Waals surface area contributed by atoms with E-state index in [1.54, 1.807) is 36.0 Å². The number of carboxylic acid groups (broad SMARTS) is 1. The predicted molar refractivity (Wildman–Crippen MR) is 134 cm³/mol. The van der Waals surface area contributed by atoms with Gasteiger partial charge in [0.15, 0.2) is 0 Å². The van der Waals surface area contributed by atoms with Gasteiger partial charge in [0.1, 0.15) is 11.4 Å². The number of halogens is 1. The molecule has 2 N–H and O–H groups in total. The molecule has 13 heteroatoms. The Bertz CT molecular complexity index is 1400. The number of tetrazole rings is 1. The first-order valence-electron chi connectivity index (χ1n) is 11.9. The van der Waals surface area contributed by atoms with Gasteiger partial charge in [-0.3, -0.25) is 4.79 Å². The maximum Gasteiger partial charge on any atom is 0.306 e. The van der Waals surface area contributed by atoms with Crippen molar-refractivity contribution in [3.05, 3.63) is 52.8 Å². The summed E-state index contributed by atoms with van der Waals surface area (Å²) in [5, 5.41) is 34.1. The van der Waals surface area contributed by atoms with Gasteiger partial charge in [-0.2, -0.15) is 0 Å². The van der Waals surface area contributed by atoms with E-state index < -0.39 is 5.97 Å². The van der Waals surface area contributed by atoms with Crippen LogP contribution in [0.5, 0.6) is 5.75 Å². The van der Waals surface area contributed by atoms with Gasteiger partial charge < -0.3 is 15.2 Å². The Kier molecular flexibility index (Phi) is 6.99. The van der Waals surface area contributed by atoms with Crippen LogP contribution >= 0.6 is 11.6 Å². The first-order chi connectivity index (χ1) is 17.9. The summed E-state index contributed by atoms with van der Waals surface area (Å²) >= 11 is 5.95. The van der Waals surface area contributed by atoms with Crippen molar-refractivity contribution in [2.45, 2.75) is 45.3 Å². The van der Waals surface area contributed by atoms with E-state index in [0.29, 0.717) is 53.2 Å². The molecule has 0 bridgehead atoms. The maximum atomic E-state index is 11.4. The largest absolute Gasteiger partial charge is 0.489 e. The van der Waals surface area contributed by atoms with E-state index in [2.05, 4.69) is 31.0 Å². The molecule has 4 aromatic rings. The zero-order valence-corrected chi connectivity index (χ0v) is 21.1. The van der Waals surface area contributed by atoms with E-state index in [0.717, 1.165) is 24.2 Å². The molecule has 2 unspecified atom stereocenters. The fraction of sp³-hybridized carbons (Fsp3) is 0.375. The minimum Gasteiger partial charge on any atom is -0.489 e. The number of ether oxygens (including phenoxy) is 1. The molecule has 3 heterocycles. The maximum absolute atomic E-state index is 11.4. The highest BCUT2D eigenvalue weighted by Gasteiger charge is 2.28. The third-order valence-electron chi connectivity index (χ3n) is 6.38. The van der Waals surface area contributed by atoms with E-state index in [9.17, 15) is 9.90 Å². The third kappa shape index (κ3) is 5.53. The average molecular weight is 524 g/mol. The van der Waals surface area contributed by atoms with Crippen molar-refractivity contribution < 1.29 is 14.6 Å². The molecule has 0 saturated heterocycles. The number of nitrogens with zero attached hydrogens (tertiary/aromatic N) is 8. The third-order valence-corrected chi connectivity index (χ3v) is 6.63. The SMILES string of the molecule is Cc1nc(-c2nnn(C)c2CNc2nnn(-c3ccc(Cl)cc3)n2)ccc1OC1CCCC(C(=O)O)C1. The Morgan fingerprint density at radius 1 is 1.16 bits per heavy atom. The monoisotopic (exact) mass is 523 g/mol. The van der Waals surface area contributed by atoms with Crippen LogP contribution in [0.25, 0.3) is 17.1 Å². The van der Waals surface area contributed by atoms with Crippen LogP contribution in [0.2, 0.25) is 5.02 Å². The van der Waals surface area contributed by atoms with Crippen LogP contribution in [0.4, 0.5) is 5.95 Å². The number of anilines is 1. The number of benzene rings is 1. The smallest absolute Gasteiger partial charge is 0.306 e. The number of carboxylic acids is 1. The fourth-order valence-electron chi connectivity index (χ4n) is 4.37. The Labute approximate surface area is 217 Å². The second kappa shape index (κ2) is 10.5. The minimum absolute atomic E-state index is 0.133. The number of aliphatic carboxylic acids is 1. The van der Waals surface area contributed by atoms with Crippen molar-refractivity contribution in [2.24, 2.45) is 13.0 Å². The van der Waals surface area contributed by atoms with Crippen molar-refractivity contribution in [3.8, 4) is 22.8 Å². The lowest BCUT2D eigenvalue weighted by Gasteiger charge is -2.27. The molecule has 2 atom stereocenters. The normalized spacial score (nSPS) is 17.5. The van der Waals surface area contributed by atoms with E-state index in [1.165, 1.54) is 4.80 Å². The van der Waals surface area contributed by atoms with Gasteiger partial charge in [-0.25, -0.2) is 9.67 Å². The van der Waals surface area contributed by atoms with Gasteiger partial charge in [0.2, 0.25) is 0 Å². The zero-order valence-electron chi connectivity index (χ0n) is 20.4. The second-order valence-electron chi connectivity index (χ2n) is 8.96. The molecule has 0 spiro atoms. The van der Waals surface area contributed by atoms with E-state index in [4.69, 9.17) is 21.3 Å². The molecule has 0 aliphatic heterocycles. The van der Waals surface area contributed by atoms with Crippen LogP contribution < -0.4 is 10.1 Å². The predicted octanol–water partition coefficient (Wildman–Crippen LogP) is 3.45. The molecule has 0 radical (unpaired) electrons.